The number of amides is 1. The molecule has 0 fully saturated rings. The quantitative estimate of drug-likeness (QED) is 0.625. The summed E-state index contributed by atoms with van der Waals surface area (Å²) in [5.41, 5.74) is 1.77. The third-order valence-electron chi connectivity index (χ3n) is 4.04. The van der Waals surface area contributed by atoms with Gasteiger partial charge in [0.05, 0.1) is 22.6 Å². The Morgan fingerprint density at radius 3 is 2.79 bits per heavy atom. The Bertz CT molecular complexity index is 822. The molecule has 3 rings (SSSR count). The highest BCUT2D eigenvalue weighted by Gasteiger charge is 2.26. The van der Waals surface area contributed by atoms with Crippen LogP contribution in [0.1, 0.15) is 22.3 Å². The molecule has 1 heterocycles. The van der Waals surface area contributed by atoms with Crippen molar-refractivity contribution in [1.29, 1.82) is 0 Å². The largest absolute Gasteiger partial charge is 0.497 e. The molecule has 0 spiro atoms. The maximum atomic E-state index is 12.9. The number of rotatable bonds is 3. The number of methoxy groups -OCH3 is 1. The van der Waals surface area contributed by atoms with Crippen LogP contribution in [0.5, 0.6) is 5.75 Å². The summed E-state index contributed by atoms with van der Waals surface area (Å²) in [4.78, 5) is 24.9. The fraction of sp³-hybridized carbons (Fsp3) is 0.235. The van der Waals surface area contributed by atoms with E-state index < -0.39 is 4.92 Å². The number of aryl methyl sites for hydroxylation is 1. The minimum Gasteiger partial charge on any atom is -0.497 e. The van der Waals surface area contributed by atoms with Crippen LogP contribution in [-0.2, 0) is 6.42 Å². The molecule has 0 atom stereocenters. The molecular formula is C17H15ClN2O4. The number of nitro benzene ring substituents is 1. The van der Waals surface area contributed by atoms with Crippen LogP contribution in [0, 0.1) is 10.1 Å². The Kier molecular flexibility index (Phi) is 4.40. The number of hydrogen-bond donors (Lipinski definition) is 0. The predicted octanol–water partition coefficient (Wildman–Crippen LogP) is 3.85. The summed E-state index contributed by atoms with van der Waals surface area (Å²) in [6.07, 6.45) is 1.65. The Hall–Kier alpha value is -2.60. The van der Waals surface area contributed by atoms with Gasteiger partial charge in [-0.05, 0) is 42.7 Å². The number of fused-ring (bicyclic) bond motifs is 1. The summed E-state index contributed by atoms with van der Waals surface area (Å²) < 4.78 is 5.22. The first kappa shape index (κ1) is 16.3. The van der Waals surface area contributed by atoms with E-state index in [4.69, 9.17) is 16.3 Å². The van der Waals surface area contributed by atoms with Crippen molar-refractivity contribution in [1.82, 2.24) is 0 Å². The number of nitro groups is 1. The van der Waals surface area contributed by atoms with Crippen LogP contribution in [0.2, 0.25) is 5.02 Å². The monoisotopic (exact) mass is 346 g/mol. The Balaban J connectivity index is 2.01. The molecule has 0 aliphatic carbocycles. The molecule has 2 aromatic carbocycles. The third kappa shape index (κ3) is 2.92. The first-order chi connectivity index (χ1) is 11.5. The van der Waals surface area contributed by atoms with Crippen LogP contribution in [0.15, 0.2) is 36.4 Å². The smallest absolute Gasteiger partial charge is 0.270 e. The van der Waals surface area contributed by atoms with Crippen molar-refractivity contribution in [3.8, 4) is 5.75 Å². The molecule has 0 N–H and O–H groups in total. The van der Waals surface area contributed by atoms with Crippen molar-refractivity contribution in [3.63, 3.8) is 0 Å². The highest BCUT2D eigenvalue weighted by atomic mass is 35.5. The number of anilines is 1. The molecule has 0 unspecified atom stereocenters. The van der Waals surface area contributed by atoms with Crippen molar-refractivity contribution in [2.45, 2.75) is 12.8 Å². The van der Waals surface area contributed by atoms with E-state index in [0.29, 0.717) is 6.54 Å². The zero-order valence-electron chi connectivity index (χ0n) is 13.0. The molecule has 0 aromatic heterocycles. The minimum absolute atomic E-state index is 0.134. The molecule has 6 nitrogen and oxygen atoms in total. The molecule has 0 radical (unpaired) electrons. The highest BCUT2D eigenvalue weighted by Crippen LogP contribution is 2.33. The van der Waals surface area contributed by atoms with Crippen molar-refractivity contribution in [2.75, 3.05) is 18.6 Å². The van der Waals surface area contributed by atoms with E-state index in [2.05, 4.69) is 0 Å². The first-order valence-corrected chi connectivity index (χ1v) is 7.82. The standard InChI is InChI=1S/C17H15ClN2O4/c1-24-13-5-7-16-11(9-13)3-2-8-19(16)17(21)14-10-12(20(22)23)4-6-15(14)18/h4-7,9-10H,2-3,8H2,1H3. The number of benzene rings is 2. The fourth-order valence-corrected chi connectivity index (χ4v) is 3.05. The summed E-state index contributed by atoms with van der Waals surface area (Å²) >= 11 is 6.10. The minimum atomic E-state index is -0.540. The van der Waals surface area contributed by atoms with Gasteiger partial charge in [0.1, 0.15) is 5.75 Å². The van der Waals surface area contributed by atoms with Crippen LogP contribution in [0.3, 0.4) is 0 Å². The lowest BCUT2D eigenvalue weighted by Crippen LogP contribution is -2.35. The normalized spacial score (nSPS) is 13.3. The van der Waals surface area contributed by atoms with Gasteiger partial charge >= 0.3 is 0 Å². The van der Waals surface area contributed by atoms with E-state index in [1.54, 1.807) is 18.1 Å². The van der Waals surface area contributed by atoms with Gasteiger partial charge < -0.3 is 9.64 Å². The Morgan fingerprint density at radius 2 is 2.08 bits per heavy atom. The molecule has 1 aliphatic rings. The lowest BCUT2D eigenvalue weighted by Gasteiger charge is -2.30. The van der Waals surface area contributed by atoms with Crippen LogP contribution in [0.25, 0.3) is 0 Å². The molecule has 0 saturated heterocycles. The zero-order valence-corrected chi connectivity index (χ0v) is 13.7. The maximum absolute atomic E-state index is 12.9. The second-order valence-corrected chi connectivity index (χ2v) is 5.88. The molecule has 7 heteroatoms. The van der Waals surface area contributed by atoms with Crippen LogP contribution < -0.4 is 9.64 Å². The van der Waals surface area contributed by atoms with E-state index >= 15 is 0 Å². The zero-order chi connectivity index (χ0) is 17.3. The van der Waals surface area contributed by atoms with Gasteiger partial charge in [-0.3, -0.25) is 14.9 Å². The third-order valence-corrected chi connectivity index (χ3v) is 4.37. The number of halogens is 1. The Morgan fingerprint density at radius 1 is 1.29 bits per heavy atom. The summed E-state index contributed by atoms with van der Waals surface area (Å²) in [5, 5.41) is 11.2. The van der Waals surface area contributed by atoms with E-state index in [1.807, 2.05) is 12.1 Å². The van der Waals surface area contributed by atoms with Crippen molar-refractivity contribution in [3.05, 3.63) is 62.7 Å². The van der Waals surface area contributed by atoms with Gasteiger partial charge in [0, 0.05) is 24.4 Å². The number of non-ortho nitro benzene ring substituents is 1. The number of nitrogens with zero attached hydrogens (tertiary/aromatic N) is 2. The molecule has 1 amide bonds. The topological polar surface area (TPSA) is 72.7 Å². The summed E-state index contributed by atoms with van der Waals surface area (Å²) in [5.74, 6) is 0.395. The van der Waals surface area contributed by atoms with Crippen LogP contribution in [-0.4, -0.2) is 24.5 Å². The second kappa shape index (κ2) is 6.49. The van der Waals surface area contributed by atoms with Gasteiger partial charge in [-0.1, -0.05) is 11.6 Å². The first-order valence-electron chi connectivity index (χ1n) is 7.44. The average Bonchev–Trinajstić information content (AvgIpc) is 2.60. The SMILES string of the molecule is COc1ccc2c(c1)CCCN2C(=O)c1cc([N+](=O)[O-])ccc1Cl. The second-order valence-electron chi connectivity index (χ2n) is 5.48. The lowest BCUT2D eigenvalue weighted by atomic mass is 10.00. The Labute approximate surface area is 143 Å². The molecule has 24 heavy (non-hydrogen) atoms. The molecule has 2 aromatic rings. The average molecular weight is 347 g/mol. The maximum Gasteiger partial charge on any atom is 0.270 e. The van der Waals surface area contributed by atoms with Gasteiger partial charge in [-0.2, -0.15) is 0 Å². The molecule has 124 valence electrons. The summed E-state index contributed by atoms with van der Waals surface area (Å²) in [6, 6.07) is 9.42. The number of carbonyl (C=O) groups excluding carboxylic acids is 1. The molecule has 1 aliphatic heterocycles. The molecular weight excluding hydrogens is 332 g/mol. The number of hydrogen-bond acceptors (Lipinski definition) is 4. The van der Waals surface area contributed by atoms with E-state index in [9.17, 15) is 14.9 Å². The summed E-state index contributed by atoms with van der Waals surface area (Å²) in [7, 11) is 1.59. The molecule has 0 saturated carbocycles. The van der Waals surface area contributed by atoms with Crippen molar-refractivity contribution < 1.29 is 14.5 Å². The van der Waals surface area contributed by atoms with E-state index in [1.165, 1.54) is 18.2 Å². The van der Waals surface area contributed by atoms with E-state index in [-0.39, 0.29) is 22.2 Å². The van der Waals surface area contributed by atoms with Crippen molar-refractivity contribution in [2.24, 2.45) is 0 Å². The van der Waals surface area contributed by atoms with Crippen LogP contribution in [0.4, 0.5) is 11.4 Å². The van der Waals surface area contributed by atoms with Gasteiger partial charge in [0.15, 0.2) is 0 Å². The van der Waals surface area contributed by atoms with E-state index in [0.717, 1.165) is 29.8 Å². The van der Waals surface area contributed by atoms with Gasteiger partial charge in [-0.25, -0.2) is 0 Å². The van der Waals surface area contributed by atoms with Gasteiger partial charge in [-0.15, -0.1) is 0 Å². The number of ether oxygens (including phenoxy) is 1. The highest BCUT2D eigenvalue weighted by molar-refractivity contribution is 6.34. The van der Waals surface area contributed by atoms with Gasteiger partial charge in [0.25, 0.3) is 11.6 Å². The predicted molar refractivity (Wildman–Crippen MR) is 91.1 cm³/mol. The summed E-state index contributed by atoms with van der Waals surface area (Å²) in [6.45, 7) is 0.539. The van der Waals surface area contributed by atoms with Crippen LogP contribution >= 0.6 is 11.6 Å². The van der Waals surface area contributed by atoms with Gasteiger partial charge in [0.2, 0.25) is 0 Å². The lowest BCUT2D eigenvalue weighted by molar-refractivity contribution is -0.384. The van der Waals surface area contributed by atoms with Crippen molar-refractivity contribution >= 4 is 28.9 Å². The molecule has 0 bridgehead atoms. The fourth-order valence-electron chi connectivity index (χ4n) is 2.85. The number of carbonyl (C=O) groups is 1.